The Morgan fingerprint density at radius 1 is 1.29 bits per heavy atom. The van der Waals surface area contributed by atoms with E-state index in [0.29, 0.717) is 24.1 Å². The molecule has 0 bridgehead atoms. The van der Waals surface area contributed by atoms with Crippen LogP contribution in [0.4, 0.5) is 4.39 Å². The van der Waals surface area contributed by atoms with Gasteiger partial charge in [0.25, 0.3) is 0 Å². The molecule has 1 aromatic rings. The van der Waals surface area contributed by atoms with Gasteiger partial charge in [0, 0.05) is 38.3 Å². The number of aliphatic imine (C=N–C) groups is 1. The first kappa shape index (κ1) is 20.1. The van der Waals surface area contributed by atoms with E-state index in [9.17, 15) is 4.39 Å². The minimum atomic E-state index is -0.199. The molecule has 0 amide bonds. The second-order valence-corrected chi connectivity index (χ2v) is 5.02. The van der Waals surface area contributed by atoms with E-state index in [1.165, 1.54) is 6.07 Å². The summed E-state index contributed by atoms with van der Waals surface area (Å²) in [6, 6.07) is 7.26. The zero-order valence-corrected chi connectivity index (χ0v) is 15.5. The number of hydrogen-bond donors (Lipinski definition) is 2. The molecule has 0 radical (unpaired) electrons. The Balaban J connectivity index is 0.00000400. The molecule has 0 saturated heterocycles. The molecule has 1 rings (SSSR count). The number of guanidine groups is 1. The van der Waals surface area contributed by atoms with Crippen molar-refractivity contribution in [3.05, 3.63) is 35.6 Å². The summed E-state index contributed by atoms with van der Waals surface area (Å²) in [6.07, 6.45) is 0. The van der Waals surface area contributed by atoms with Crippen LogP contribution < -0.4 is 10.6 Å². The SMILES string of the molecule is CN=C(NCCN(C)C(C)C)NCc1ccccc1F.I. The number of rotatable bonds is 6. The van der Waals surface area contributed by atoms with E-state index >= 15 is 0 Å². The topological polar surface area (TPSA) is 39.7 Å². The highest BCUT2D eigenvalue weighted by Crippen LogP contribution is 2.05. The summed E-state index contributed by atoms with van der Waals surface area (Å²) in [5, 5.41) is 6.33. The number of hydrogen-bond acceptors (Lipinski definition) is 2. The van der Waals surface area contributed by atoms with E-state index in [2.05, 4.69) is 41.4 Å². The zero-order valence-electron chi connectivity index (χ0n) is 13.2. The fraction of sp³-hybridized carbons (Fsp3) is 0.533. The summed E-state index contributed by atoms with van der Waals surface area (Å²) in [5.41, 5.74) is 0.634. The van der Waals surface area contributed by atoms with Crippen molar-refractivity contribution >= 4 is 29.9 Å². The highest BCUT2D eigenvalue weighted by molar-refractivity contribution is 14.0. The summed E-state index contributed by atoms with van der Waals surface area (Å²) in [5.74, 6) is 0.486. The van der Waals surface area contributed by atoms with Gasteiger partial charge in [-0.3, -0.25) is 4.99 Å². The highest BCUT2D eigenvalue weighted by atomic mass is 127. The molecular weight excluding hydrogens is 382 g/mol. The van der Waals surface area contributed by atoms with E-state index < -0.39 is 0 Å². The maximum Gasteiger partial charge on any atom is 0.191 e. The molecule has 0 saturated carbocycles. The average Bonchev–Trinajstić information content (AvgIpc) is 2.43. The van der Waals surface area contributed by atoms with Gasteiger partial charge in [0.1, 0.15) is 5.82 Å². The van der Waals surface area contributed by atoms with Gasteiger partial charge in [0.05, 0.1) is 0 Å². The second kappa shape index (κ2) is 10.8. The fourth-order valence-corrected chi connectivity index (χ4v) is 1.65. The van der Waals surface area contributed by atoms with Crippen LogP contribution in [0.2, 0.25) is 0 Å². The lowest BCUT2D eigenvalue weighted by Gasteiger charge is -2.21. The molecule has 0 spiro atoms. The van der Waals surface area contributed by atoms with Crippen LogP contribution >= 0.6 is 24.0 Å². The number of halogens is 2. The van der Waals surface area contributed by atoms with Crippen molar-refractivity contribution in [2.75, 3.05) is 27.2 Å². The minimum Gasteiger partial charge on any atom is -0.355 e. The third-order valence-corrected chi connectivity index (χ3v) is 3.27. The van der Waals surface area contributed by atoms with Gasteiger partial charge in [-0.1, -0.05) is 18.2 Å². The zero-order chi connectivity index (χ0) is 15.0. The Bertz CT molecular complexity index is 437. The lowest BCUT2D eigenvalue weighted by atomic mass is 10.2. The van der Waals surface area contributed by atoms with Crippen molar-refractivity contribution in [2.24, 2.45) is 4.99 Å². The smallest absolute Gasteiger partial charge is 0.191 e. The lowest BCUT2D eigenvalue weighted by Crippen LogP contribution is -2.41. The Morgan fingerprint density at radius 3 is 2.52 bits per heavy atom. The van der Waals surface area contributed by atoms with Gasteiger partial charge in [-0.15, -0.1) is 24.0 Å². The van der Waals surface area contributed by atoms with E-state index in [1.54, 1.807) is 19.2 Å². The maximum absolute atomic E-state index is 13.5. The first-order valence-corrected chi connectivity index (χ1v) is 6.92. The summed E-state index contributed by atoms with van der Waals surface area (Å²) in [4.78, 5) is 6.38. The third kappa shape index (κ3) is 7.61. The van der Waals surface area contributed by atoms with Crippen LogP contribution in [-0.2, 0) is 6.54 Å². The molecule has 120 valence electrons. The van der Waals surface area contributed by atoms with Crippen molar-refractivity contribution in [1.82, 2.24) is 15.5 Å². The van der Waals surface area contributed by atoms with Gasteiger partial charge in [-0.25, -0.2) is 4.39 Å². The molecule has 0 unspecified atom stereocenters. The number of likely N-dealkylation sites (N-methyl/N-ethyl adjacent to an activating group) is 1. The van der Waals surface area contributed by atoms with Crippen LogP contribution in [-0.4, -0.2) is 44.1 Å². The van der Waals surface area contributed by atoms with Crippen LogP contribution in [0.15, 0.2) is 29.3 Å². The van der Waals surface area contributed by atoms with E-state index in [4.69, 9.17) is 0 Å². The third-order valence-electron chi connectivity index (χ3n) is 3.27. The van der Waals surface area contributed by atoms with Crippen LogP contribution in [0.5, 0.6) is 0 Å². The molecule has 0 atom stereocenters. The Labute approximate surface area is 144 Å². The largest absolute Gasteiger partial charge is 0.355 e. The summed E-state index contributed by atoms with van der Waals surface area (Å²) in [6.45, 7) is 6.46. The second-order valence-electron chi connectivity index (χ2n) is 5.02. The quantitative estimate of drug-likeness (QED) is 0.432. The van der Waals surface area contributed by atoms with Crippen molar-refractivity contribution in [2.45, 2.75) is 26.4 Å². The molecule has 0 fully saturated rings. The molecule has 0 aliphatic heterocycles. The molecule has 0 aliphatic rings. The Kier molecular flexibility index (Phi) is 10.3. The number of nitrogens with zero attached hydrogens (tertiary/aromatic N) is 2. The summed E-state index contributed by atoms with van der Waals surface area (Å²) in [7, 11) is 3.80. The molecule has 0 heterocycles. The predicted molar refractivity (Wildman–Crippen MR) is 97.8 cm³/mol. The fourth-order valence-electron chi connectivity index (χ4n) is 1.65. The van der Waals surface area contributed by atoms with Gasteiger partial charge >= 0.3 is 0 Å². The van der Waals surface area contributed by atoms with Crippen molar-refractivity contribution < 1.29 is 4.39 Å². The van der Waals surface area contributed by atoms with Crippen LogP contribution in [0.25, 0.3) is 0 Å². The lowest BCUT2D eigenvalue weighted by molar-refractivity contribution is 0.278. The maximum atomic E-state index is 13.5. The minimum absolute atomic E-state index is 0. The Morgan fingerprint density at radius 2 is 1.95 bits per heavy atom. The van der Waals surface area contributed by atoms with Gasteiger partial charge in [-0.2, -0.15) is 0 Å². The molecule has 6 heteroatoms. The monoisotopic (exact) mass is 408 g/mol. The molecule has 0 aliphatic carbocycles. The van der Waals surface area contributed by atoms with Crippen LogP contribution in [0.1, 0.15) is 19.4 Å². The first-order valence-electron chi connectivity index (χ1n) is 6.92. The highest BCUT2D eigenvalue weighted by Gasteiger charge is 2.04. The standard InChI is InChI=1S/C15H25FN4.HI/c1-12(2)20(4)10-9-18-15(17-3)19-11-13-7-5-6-8-14(13)16;/h5-8,12H,9-11H2,1-4H3,(H2,17,18,19);1H. The molecule has 0 aromatic heterocycles. The number of benzene rings is 1. The molecular formula is C15H26FIN4. The predicted octanol–water partition coefficient (Wildman–Crippen LogP) is 2.45. The summed E-state index contributed by atoms with van der Waals surface area (Å²) >= 11 is 0. The van der Waals surface area contributed by atoms with Crippen molar-refractivity contribution in [3.8, 4) is 0 Å². The van der Waals surface area contributed by atoms with E-state index in [-0.39, 0.29) is 29.8 Å². The Hall–Kier alpha value is -0.890. The average molecular weight is 408 g/mol. The molecule has 1 aromatic carbocycles. The van der Waals surface area contributed by atoms with E-state index in [0.717, 1.165) is 13.1 Å². The van der Waals surface area contributed by atoms with Crippen molar-refractivity contribution in [1.29, 1.82) is 0 Å². The molecule has 4 nitrogen and oxygen atoms in total. The molecule has 21 heavy (non-hydrogen) atoms. The number of nitrogens with one attached hydrogen (secondary N) is 2. The van der Waals surface area contributed by atoms with Gasteiger partial charge in [0.2, 0.25) is 0 Å². The van der Waals surface area contributed by atoms with Crippen LogP contribution in [0, 0.1) is 5.82 Å². The van der Waals surface area contributed by atoms with Crippen LogP contribution in [0.3, 0.4) is 0 Å². The van der Waals surface area contributed by atoms with E-state index in [1.807, 2.05) is 6.07 Å². The van der Waals surface area contributed by atoms with Gasteiger partial charge in [-0.05, 0) is 27.0 Å². The normalized spacial score (nSPS) is 11.5. The first-order chi connectivity index (χ1) is 9.54. The van der Waals surface area contributed by atoms with Gasteiger partial charge < -0.3 is 15.5 Å². The van der Waals surface area contributed by atoms with Gasteiger partial charge in [0.15, 0.2) is 5.96 Å². The van der Waals surface area contributed by atoms with Crippen molar-refractivity contribution in [3.63, 3.8) is 0 Å². The summed E-state index contributed by atoms with van der Waals surface area (Å²) < 4.78 is 13.5. The molecule has 2 N–H and O–H groups in total.